The third kappa shape index (κ3) is 4.81. The van der Waals surface area contributed by atoms with Crippen molar-refractivity contribution < 1.29 is 27.4 Å². The van der Waals surface area contributed by atoms with Gasteiger partial charge >= 0.3 is 12.3 Å². The van der Waals surface area contributed by atoms with Crippen molar-refractivity contribution in [3.8, 4) is 5.75 Å². The number of methoxy groups -OCH3 is 1. The molecule has 0 atom stereocenters. The Morgan fingerprint density at radius 1 is 1.14 bits per heavy atom. The van der Waals surface area contributed by atoms with Crippen LogP contribution < -0.4 is 15.0 Å². The number of carbonyl (C=O) groups excluding carboxylic acids is 1. The highest BCUT2D eigenvalue weighted by Crippen LogP contribution is 2.37. The number of benzene rings is 1. The van der Waals surface area contributed by atoms with Crippen LogP contribution in [0, 0.1) is 0 Å². The molecule has 0 radical (unpaired) electrons. The Bertz CT molecular complexity index is 806. The quantitative estimate of drug-likeness (QED) is 0.849. The Morgan fingerprint density at radius 3 is 2.46 bits per heavy atom. The minimum atomic E-state index is -4.45. The van der Waals surface area contributed by atoms with E-state index in [0.717, 1.165) is 6.07 Å². The molecule has 1 N–H and O–H groups in total. The van der Waals surface area contributed by atoms with E-state index in [0.29, 0.717) is 31.7 Å². The number of amides is 1. The van der Waals surface area contributed by atoms with Crippen LogP contribution in [0.15, 0.2) is 36.4 Å². The first kappa shape index (κ1) is 19.7. The maximum Gasteiger partial charge on any atom is 0.419 e. The van der Waals surface area contributed by atoms with Crippen LogP contribution in [-0.2, 0) is 10.9 Å². The lowest BCUT2D eigenvalue weighted by Crippen LogP contribution is -2.39. The van der Waals surface area contributed by atoms with Gasteiger partial charge in [-0.1, -0.05) is 12.1 Å². The molecule has 150 valence electrons. The highest BCUT2D eigenvalue weighted by molar-refractivity contribution is 5.83. The lowest BCUT2D eigenvalue weighted by molar-refractivity contribution is -0.139. The van der Waals surface area contributed by atoms with Crippen LogP contribution in [0.3, 0.4) is 0 Å². The lowest BCUT2D eigenvalue weighted by Gasteiger charge is -2.33. The fourth-order valence-electron chi connectivity index (χ4n) is 2.90. The first-order valence-electron chi connectivity index (χ1n) is 8.63. The summed E-state index contributed by atoms with van der Waals surface area (Å²) >= 11 is 0. The Labute approximate surface area is 159 Å². The minimum Gasteiger partial charge on any atom is -0.490 e. The smallest absolute Gasteiger partial charge is 0.419 e. The summed E-state index contributed by atoms with van der Waals surface area (Å²) in [6.45, 7) is 1.13. The summed E-state index contributed by atoms with van der Waals surface area (Å²) in [6, 6.07) is 8.53. The van der Waals surface area contributed by atoms with E-state index in [1.165, 1.54) is 25.3 Å². The summed E-state index contributed by atoms with van der Waals surface area (Å²) in [5.41, 5.74) is -0.767. The van der Waals surface area contributed by atoms with Crippen molar-refractivity contribution in [2.75, 3.05) is 30.4 Å². The van der Waals surface area contributed by atoms with Crippen LogP contribution in [0.5, 0.6) is 5.75 Å². The van der Waals surface area contributed by atoms with Crippen molar-refractivity contribution in [2.45, 2.75) is 25.1 Å². The van der Waals surface area contributed by atoms with Gasteiger partial charge in [-0.15, -0.1) is 10.2 Å². The van der Waals surface area contributed by atoms with E-state index in [1.54, 1.807) is 12.1 Å². The monoisotopic (exact) mass is 396 g/mol. The molecule has 3 rings (SSSR count). The van der Waals surface area contributed by atoms with Gasteiger partial charge in [-0.05, 0) is 24.3 Å². The number of anilines is 2. The van der Waals surface area contributed by atoms with E-state index in [9.17, 15) is 18.0 Å². The molecular formula is C18H19F3N4O3. The first-order valence-corrected chi connectivity index (χ1v) is 8.63. The summed E-state index contributed by atoms with van der Waals surface area (Å²) in [6.07, 6.45) is -4.30. The SMILES string of the molecule is COC(=O)Nc1ccc(N2CCC(Oc3ccccc3C(F)(F)F)CC2)nn1. The number of para-hydroxylation sites is 1. The van der Waals surface area contributed by atoms with Gasteiger partial charge in [-0.25, -0.2) is 4.79 Å². The predicted octanol–water partition coefficient (Wildman–Crippen LogP) is 3.72. The number of nitrogens with zero attached hydrogens (tertiary/aromatic N) is 3. The molecular weight excluding hydrogens is 377 g/mol. The van der Waals surface area contributed by atoms with Gasteiger partial charge in [0.05, 0.1) is 12.7 Å². The zero-order valence-electron chi connectivity index (χ0n) is 15.1. The number of rotatable bonds is 4. The average Bonchev–Trinajstić information content (AvgIpc) is 2.69. The highest BCUT2D eigenvalue weighted by Gasteiger charge is 2.35. The molecule has 1 fully saturated rings. The zero-order valence-corrected chi connectivity index (χ0v) is 15.1. The van der Waals surface area contributed by atoms with Crippen molar-refractivity contribution >= 4 is 17.7 Å². The minimum absolute atomic E-state index is 0.147. The average molecular weight is 396 g/mol. The number of hydrogen-bond acceptors (Lipinski definition) is 6. The Kier molecular flexibility index (Phi) is 5.86. The maximum absolute atomic E-state index is 13.1. The molecule has 0 unspecified atom stereocenters. The molecule has 0 spiro atoms. The third-order valence-corrected chi connectivity index (χ3v) is 4.32. The van der Waals surface area contributed by atoms with Gasteiger partial charge in [0.15, 0.2) is 11.6 Å². The van der Waals surface area contributed by atoms with E-state index in [4.69, 9.17) is 4.74 Å². The number of aromatic nitrogens is 2. The molecule has 10 heteroatoms. The molecule has 1 aliphatic heterocycles. The van der Waals surface area contributed by atoms with Crippen molar-refractivity contribution in [3.05, 3.63) is 42.0 Å². The number of carbonyl (C=O) groups is 1. The van der Waals surface area contributed by atoms with Gasteiger partial charge in [0.1, 0.15) is 11.9 Å². The lowest BCUT2D eigenvalue weighted by atomic mass is 10.1. The molecule has 1 amide bonds. The van der Waals surface area contributed by atoms with Gasteiger partial charge in [0.25, 0.3) is 0 Å². The van der Waals surface area contributed by atoms with Gasteiger partial charge < -0.3 is 14.4 Å². The van der Waals surface area contributed by atoms with Crippen LogP contribution in [-0.4, -0.2) is 42.6 Å². The Hall–Kier alpha value is -3.04. The van der Waals surface area contributed by atoms with Crippen LogP contribution in [0.1, 0.15) is 18.4 Å². The van der Waals surface area contributed by atoms with Crippen LogP contribution >= 0.6 is 0 Å². The molecule has 0 bridgehead atoms. The second kappa shape index (κ2) is 8.32. The van der Waals surface area contributed by atoms with E-state index in [-0.39, 0.29) is 17.7 Å². The fourth-order valence-corrected chi connectivity index (χ4v) is 2.90. The normalized spacial score (nSPS) is 15.2. The number of piperidine rings is 1. The second-order valence-electron chi connectivity index (χ2n) is 6.19. The first-order chi connectivity index (χ1) is 13.4. The molecule has 28 heavy (non-hydrogen) atoms. The van der Waals surface area contributed by atoms with E-state index < -0.39 is 17.8 Å². The number of halogens is 3. The van der Waals surface area contributed by atoms with Crippen molar-refractivity contribution in [1.29, 1.82) is 0 Å². The number of hydrogen-bond donors (Lipinski definition) is 1. The van der Waals surface area contributed by atoms with Crippen LogP contribution in [0.4, 0.5) is 29.6 Å². The maximum atomic E-state index is 13.1. The third-order valence-electron chi connectivity index (χ3n) is 4.32. The van der Waals surface area contributed by atoms with E-state index in [1.807, 2.05) is 4.90 Å². The van der Waals surface area contributed by atoms with Gasteiger partial charge in [-0.2, -0.15) is 13.2 Å². The van der Waals surface area contributed by atoms with Crippen molar-refractivity contribution in [3.63, 3.8) is 0 Å². The van der Waals surface area contributed by atoms with Crippen molar-refractivity contribution in [1.82, 2.24) is 10.2 Å². The number of nitrogens with one attached hydrogen (secondary N) is 1. The topological polar surface area (TPSA) is 76.6 Å². The zero-order chi connectivity index (χ0) is 20.1. The Balaban J connectivity index is 1.57. The molecule has 2 aromatic rings. The van der Waals surface area contributed by atoms with Gasteiger partial charge in [0, 0.05) is 25.9 Å². The molecule has 1 aromatic carbocycles. The largest absolute Gasteiger partial charge is 0.490 e. The van der Waals surface area contributed by atoms with Gasteiger partial charge in [0.2, 0.25) is 0 Å². The molecule has 1 aliphatic rings. The standard InChI is InChI=1S/C18H19F3N4O3/c1-27-17(26)22-15-6-7-16(24-23-15)25-10-8-12(9-11-25)28-14-5-3-2-4-13(14)18(19,20)21/h2-7,12H,8-11H2,1H3,(H,22,23,26). The summed E-state index contributed by atoms with van der Waals surface area (Å²) in [5.74, 6) is 0.730. The molecule has 1 saturated heterocycles. The highest BCUT2D eigenvalue weighted by atomic mass is 19.4. The summed E-state index contributed by atoms with van der Waals surface area (Å²) in [5, 5.41) is 10.4. The van der Waals surface area contributed by atoms with Gasteiger partial charge in [-0.3, -0.25) is 5.32 Å². The predicted molar refractivity (Wildman–Crippen MR) is 95.4 cm³/mol. The van der Waals surface area contributed by atoms with Crippen molar-refractivity contribution in [2.24, 2.45) is 0 Å². The molecule has 0 saturated carbocycles. The molecule has 1 aromatic heterocycles. The molecule has 0 aliphatic carbocycles. The second-order valence-corrected chi connectivity index (χ2v) is 6.19. The van der Waals surface area contributed by atoms with E-state index >= 15 is 0 Å². The molecule has 7 nitrogen and oxygen atoms in total. The summed E-state index contributed by atoms with van der Waals surface area (Å²) < 4.78 is 49.4. The number of ether oxygens (including phenoxy) is 2. The fraction of sp³-hybridized carbons (Fsp3) is 0.389. The van der Waals surface area contributed by atoms with Crippen LogP contribution in [0.2, 0.25) is 0 Å². The van der Waals surface area contributed by atoms with E-state index in [2.05, 4.69) is 20.3 Å². The summed E-state index contributed by atoms with van der Waals surface area (Å²) in [4.78, 5) is 13.1. The summed E-state index contributed by atoms with van der Waals surface area (Å²) in [7, 11) is 1.25. The Morgan fingerprint density at radius 2 is 1.86 bits per heavy atom. The number of alkyl halides is 3. The molecule has 2 heterocycles. The van der Waals surface area contributed by atoms with Crippen LogP contribution in [0.25, 0.3) is 0 Å².